The molecule has 106 valence electrons. The van der Waals surface area contributed by atoms with Gasteiger partial charge in [-0.3, -0.25) is 4.68 Å². The monoisotopic (exact) mass is 292 g/mol. The Hall–Kier alpha value is -1.52. The third kappa shape index (κ3) is 2.53. The third-order valence-electron chi connectivity index (χ3n) is 3.47. The van der Waals surface area contributed by atoms with Crippen LogP contribution in [-0.2, 0) is 7.05 Å². The van der Waals surface area contributed by atoms with E-state index in [-0.39, 0.29) is 0 Å². The number of aromatic nitrogens is 2. The summed E-state index contributed by atoms with van der Waals surface area (Å²) in [5.74, 6) is 0.793. The summed E-state index contributed by atoms with van der Waals surface area (Å²) in [5.41, 5.74) is 2.15. The minimum Gasteiger partial charge on any atom is -0.490 e. The number of halogens is 1. The van der Waals surface area contributed by atoms with Crippen LogP contribution in [0, 0.1) is 6.92 Å². The van der Waals surface area contributed by atoms with Crippen molar-refractivity contribution < 1.29 is 9.84 Å². The number of hydrogen-bond donors (Lipinski definition) is 1. The molecule has 4 nitrogen and oxygen atoms in total. The minimum absolute atomic E-state index is 0.339. The predicted molar refractivity (Wildman–Crippen MR) is 77.1 cm³/mol. The van der Waals surface area contributed by atoms with Gasteiger partial charge in [0, 0.05) is 12.6 Å². The summed E-state index contributed by atoms with van der Waals surface area (Å²) in [6, 6.07) is 7.53. The van der Waals surface area contributed by atoms with E-state index in [1.54, 1.807) is 11.7 Å². The Kier molecular flexibility index (Phi) is 3.44. The molecule has 1 aliphatic carbocycles. The highest BCUT2D eigenvalue weighted by atomic mass is 35.5. The fourth-order valence-electron chi connectivity index (χ4n) is 2.26. The lowest BCUT2D eigenvalue weighted by Gasteiger charge is -2.13. The molecule has 0 amide bonds. The maximum absolute atomic E-state index is 10.5. The molecule has 1 aliphatic rings. The zero-order chi connectivity index (χ0) is 14.3. The van der Waals surface area contributed by atoms with Crippen LogP contribution in [0.5, 0.6) is 5.75 Å². The first-order chi connectivity index (χ1) is 9.56. The highest BCUT2D eigenvalue weighted by Gasteiger charge is 2.25. The number of rotatable bonds is 4. The van der Waals surface area contributed by atoms with Gasteiger partial charge < -0.3 is 9.84 Å². The van der Waals surface area contributed by atoms with E-state index in [1.165, 1.54) is 0 Å². The molecule has 0 radical (unpaired) electrons. The number of aliphatic hydroxyl groups excluding tert-OH is 1. The second kappa shape index (κ2) is 5.11. The zero-order valence-electron chi connectivity index (χ0n) is 11.5. The number of hydrogen-bond acceptors (Lipinski definition) is 3. The lowest BCUT2D eigenvalue weighted by atomic mass is 10.0. The van der Waals surface area contributed by atoms with Gasteiger partial charge in [-0.15, -0.1) is 0 Å². The van der Waals surface area contributed by atoms with Gasteiger partial charge in [0.25, 0.3) is 0 Å². The highest BCUT2D eigenvalue weighted by Crippen LogP contribution is 2.33. The van der Waals surface area contributed by atoms with E-state index in [0.29, 0.717) is 16.8 Å². The van der Waals surface area contributed by atoms with E-state index in [4.69, 9.17) is 16.3 Å². The number of ether oxygens (including phenoxy) is 1. The molecular weight excluding hydrogens is 276 g/mol. The van der Waals surface area contributed by atoms with Gasteiger partial charge in [-0.25, -0.2) is 0 Å². The van der Waals surface area contributed by atoms with Crippen LogP contribution in [0.15, 0.2) is 24.3 Å². The van der Waals surface area contributed by atoms with E-state index in [1.807, 2.05) is 31.2 Å². The molecule has 1 fully saturated rings. The Balaban J connectivity index is 1.90. The summed E-state index contributed by atoms with van der Waals surface area (Å²) in [4.78, 5) is 0. The Morgan fingerprint density at radius 1 is 1.45 bits per heavy atom. The topological polar surface area (TPSA) is 47.3 Å². The second-order valence-electron chi connectivity index (χ2n) is 5.21. The van der Waals surface area contributed by atoms with Crippen molar-refractivity contribution in [3.05, 3.63) is 46.2 Å². The normalized spacial score (nSPS) is 16.2. The van der Waals surface area contributed by atoms with Gasteiger partial charge in [-0.05, 0) is 37.5 Å². The van der Waals surface area contributed by atoms with Gasteiger partial charge in [-0.2, -0.15) is 5.10 Å². The molecular formula is C15H17ClN2O2. The van der Waals surface area contributed by atoms with Gasteiger partial charge in [0.05, 0.1) is 11.8 Å². The summed E-state index contributed by atoms with van der Waals surface area (Å²) in [6.45, 7) is 1.84. The van der Waals surface area contributed by atoms with Gasteiger partial charge in [-0.1, -0.05) is 23.7 Å². The van der Waals surface area contributed by atoms with E-state index < -0.39 is 6.10 Å². The first-order valence-electron chi connectivity index (χ1n) is 6.70. The average molecular weight is 293 g/mol. The average Bonchev–Trinajstić information content (AvgIpc) is 3.18. The molecule has 1 N–H and O–H groups in total. The molecule has 2 aromatic rings. The van der Waals surface area contributed by atoms with Crippen LogP contribution in [0.1, 0.15) is 35.8 Å². The molecule has 0 bridgehead atoms. The first-order valence-corrected chi connectivity index (χ1v) is 7.07. The molecule has 5 heteroatoms. The Morgan fingerprint density at radius 2 is 2.20 bits per heavy atom. The van der Waals surface area contributed by atoms with Gasteiger partial charge >= 0.3 is 0 Å². The van der Waals surface area contributed by atoms with Gasteiger partial charge in [0.2, 0.25) is 0 Å². The van der Waals surface area contributed by atoms with Crippen molar-refractivity contribution >= 4 is 11.6 Å². The lowest BCUT2D eigenvalue weighted by Crippen LogP contribution is -2.03. The smallest absolute Gasteiger partial charge is 0.133 e. The minimum atomic E-state index is -0.793. The van der Waals surface area contributed by atoms with E-state index in [9.17, 15) is 5.11 Å². The van der Waals surface area contributed by atoms with Crippen LogP contribution in [0.2, 0.25) is 5.15 Å². The summed E-state index contributed by atoms with van der Waals surface area (Å²) in [5, 5.41) is 15.2. The number of aliphatic hydroxyl groups is 1. The second-order valence-corrected chi connectivity index (χ2v) is 5.56. The molecule has 1 unspecified atom stereocenters. The molecule has 0 spiro atoms. The summed E-state index contributed by atoms with van der Waals surface area (Å²) in [7, 11) is 1.76. The zero-order valence-corrected chi connectivity index (χ0v) is 12.3. The molecule has 1 aromatic carbocycles. The van der Waals surface area contributed by atoms with E-state index in [2.05, 4.69) is 5.10 Å². The largest absolute Gasteiger partial charge is 0.490 e. The van der Waals surface area contributed by atoms with Crippen LogP contribution in [0.4, 0.5) is 0 Å². The van der Waals surface area contributed by atoms with Crippen molar-refractivity contribution in [2.45, 2.75) is 32.0 Å². The quantitative estimate of drug-likeness (QED) is 0.942. The number of aryl methyl sites for hydroxylation is 2. The number of benzene rings is 1. The predicted octanol–water partition coefficient (Wildman–Crippen LogP) is 3.00. The fraction of sp³-hybridized carbons (Fsp3) is 0.400. The molecule has 0 aliphatic heterocycles. The summed E-state index contributed by atoms with van der Waals surface area (Å²) < 4.78 is 7.32. The van der Waals surface area contributed by atoms with E-state index >= 15 is 0 Å². The first kappa shape index (κ1) is 13.5. The van der Waals surface area contributed by atoms with Crippen LogP contribution >= 0.6 is 11.6 Å². The molecule has 20 heavy (non-hydrogen) atoms. The Labute approximate surface area is 122 Å². The fourth-order valence-corrected chi connectivity index (χ4v) is 2.54. The van der Waals surface area contributed by atoms with Crippen LogP contribution in [0.25, 0.3) is 0 Å². The van der Waals surface area contributed by atoms with Crippen molar-refractivity contribution in [1.29, 1.82) is 0 Å². The Bertz CT molecular complexity index is 635. The summed E-state index contributed by atoms with van der Waals surface area (Å²) in [6.07, 6.45) is 1.77. The standard InChI is InChI=1S/C15H17ClN2O2/c1-9-13(15(16)18(2)17-9)14(19)10-4-3-5-12(8-10)20-11-6-7-11/h3-5,8,11,14,19H,6-7H2,1-2H3. The summed E-state index contributed by atoms with van der Waals surface area (Å²) >= 11 is 6.20. The van der Waals surface area contributed by atoms with Crippen molar-refractivity contribution in [3.63, 3.8) is 0 Å². The van der Waals surface area contributed by atoms with Crippen molar-refractivity contribution in [1.82, 2.24) is 9.78 Å². The van der Waals surface area contributed by atoms with E-state index in [0.717, 1.165) is 29.8 Å². The van der Waals surface area contributed by atoms with Gasteiger partial charge in [0.15, 0.2) is 0 Å². The Morgan fingerprint density at radius 3 is 2.80 bits per heavy atom. The van der Waals surface area contributed by atoms with Crippen LogP contribution in [-0.4, -0.2) is 21.0 Å². The molecule has 3 rings (SSSR count). The molecule has 1 atom stereocenters. The van der Waals surface area contributed by atoms with Crippen molar-refractivity contribution in [2.75, 3.05) is 0 Å². The third-order valence-corrected chi connectivity index (χ3v) is 3.92. The van der Waals surface area contributed by atoms with Crippen LogP contribution < -0.4 is 4.74 Å². The van der Waals surface area contributed by atoms with Crippen LogP contribution in [0.3, 0.4) is 0 Å². The van der Waals surface area contributed by atoms with Crippen molar-refractivity contribution in [3.8, 4) is 5.75 Å². The number of nitrogens with zero attached hydrogens (tertiary/aromatic N) is 2. The molecule has 1 heterocycles. The highest BCUT2D eigenvalue weighted by molar-refractivity contribution is 6.30. The maximum atomic E-state index is 10.5. The SMILES string of the molecule is Cc1nn(C)c(Cl)c1C(O)c1cccc(OC2CC2)c1. The molecule has 1 saturated carbocycles. The van der Waals surface area contributed by atoms with Crippen molar-refractivity contribution in [2.24, 2.45) is 7.05 Å². The van der Waals surface area contributed by atoms with Gasteiger partial charge in [0.1, 0.15) is 17.0 Å². The molecule has 1 aromatic heterocycles. The lowest BCUT2D eigenvalue weighted by molar-refractivity contribution is 0.218. The molecule has 0 saturated heterocycles. The maximum Gasteiger partial charge on any atom is 0.133 e.